The third-order valence-electron chi connectivity index (χ3n) is 5.36. The first kappa shape index (κ1) is 23.4. The number of halogens is 2. The number of carbonyl (C=O) groups is 1. The van der Waals surface area contributed by atoms with Gasteiger partial charge in [-0.05, 0) is 50.5 Å². The van der Waals surface area contributed by atoms with Gasteiger partial charge in [-0.25, -0.2) is 13.8 Å². The summed E-state index contributed by atoms with van der Waals surface area (Å²) in [6.07, 6.45) is 3.81. The molecule has 0 saturated carbocycles. The molecule has 2 heterocycles. The summed E-state index contributed by atoms with van der Waals surface area (Å²) in [4.78, 5) is 21.3. The van der Waals surface area contributed by atoms with Crippen molar-refractivity contribution >= 4 is 11.6 Å². The van der Waals surface area contributed by atoms with Crippen LogP contribution in [0.3, 0.4) is 0 Å². The molecule has 0 N–H and O–H groups in total. The van der Waals surface area contributed by atoms with E-state index in [1.54, 1.807) is 29.2 Å². The monoisotopic (exact) mass is 464 g/mol. The molecule has 0 radical (unpaired) electrons. The number of hydrogen-bond acceptors (Lipinski definition) is 4. The molecule has 0 bridgehead atoms. The molecule has 0 aliphatic heterocycles. The van der Waals surface area contributed by atoms with Gasteiger partial charge in [-0.15, -0.1) is 0 Å². The number of likely N-dealkylation sites (N-methyl/N-ethyl adjacent to an activating group) is 1. The number of hydrogen-bond donors (Lipinski definition) is 0. The lowest BCUT2D eigenvalue weighted by molar-refractivity contribution is 0.0730. The maximum absolute atomic E-state index is 14.3. The van der Waals surface area contributed by atoms with Gasteiger partial charge in [-0.3, -0.25) is 4.79 Å². The van der Waals surface area contributed by atoms with E-state index in [9.17, 15) is 13.6 Å². The van der Waals surface area contributed by atoms with E-state index >= 15 is 0 Å². The molecular formula is C26H26F2N4O2. The summed E-state index contributed by atoms with van der Waals surface area (Å²) in [5, 5.41) is 0. The molecule has 0 atom stereocenters. The van der Waals surface area contributed by atoms with Crippen LogP contribution in [0.4, 0.5) is 8.78 Å². The molecule has 1 amide bonds. The smallest absolute Gasteiger partial charge is 0.254 e. The second-order valence-corrected chi connectivity index (χ2v) is 8.28. The van der Waals surface area contributed by atoms with Crippen LogP contribution in [0.5, 0.6) is 5.75 Å². The molecule has 4 rings (SSSR count). The summed E-state index contributed by atoms with van der Waals surface area (Å²) in [7, 11) is 3.80. The first-order valence-corrected chi connectivity index (χ1v) is 10.9. The minimum Gasteiger partial charge on any atom is -0.487 e. The molecule has 34 heavy (non-hydrogen) atoms. The van der Waals surface area contributed by atoms with Crippen LogP contribution in [0.2, 0.25) is 0 Å². The molecule has 0 fully saturated rings. The van der Waals surface area contributed by atoms with Crippen molar-refractivity contribution < 1.29 is 18.3 Å². The predicted molar refractivity (Wildman–Crippen MR) is 126 cm³/mol. The summed E-state index contributed by atoms with van der Waals surface area (Å²) in [5.74, 6) is -1.05. The fourth-order valence-corrected chi connectivity index (χ4v) is 3.54. The van der Waals surface area contributed by atoms with Crippen molar-refractivity contribution in [2.75, 3.05) is 27.2 Å². The van der Waals surface area contributed by atoms with Crippen LogP contribution in [0.1, 0.15) is 21.6 Å². The number of carbonyl (C=O) groups excluding carboxylic acids is 1. The fraction of sp³-hybridized carbons (Fsp3) is 0.231. The van der Waals surface area contributed by atoms with E-state index in [2.05, 4.69) is 4.98 Å². The van der Waals surface area contributed by atoms with Crippen molar-refractivity contribution in [2.45, 2.75) is 13.2 Å². The molecule has 0 aliphatic rings. The maximum Gasteiger partial charge on any atom is 0.254 e. The number of pyridine rings is 1. The van der Waals surface area contributed by atoms with Crippen LogP contribution in [0, 0.1) is 11.6 Å². The lowest BCUT2D eigenvalue weighted by atomic mass is 10.1. The van der Waals surface area contributed by atoms with E-state index < -0.39 is 11.6 Å². The number of ether oxygens (including phenoxy) is 1. The average Bonchev–Trinajstić information content (AvgIpc) is 3.24. The zero-order valence-electron chi connectivity index (χ0n) is 19.1. The molecule has 6 nitrogen and oxygen atoms in total. The van der Waals surface area contributed by atoms with Gasteiger partial charge in [-0.1, -0.05) is 18.2 Å². The van der Waals surface area contributed by atoms with Gasteiger partial charge in [0.25, 0.3) is 5.91 Å². The summed E-state index contributed by atoms with van der Waals surface area (Å²) in [5.41, 5.74) is 2.28. The molecule has 0 unspecified atom stereocenters. The normalized spacial score (nSPS) is 11.2. The van der Waals surface area contributed by atoms with Gasteiger partial charge in [0.1, 0.15) is 29.6 Å². The van der Waals surface area contributed by atoms with E-state index in [-0.39, 0.29) is 24.6 Å². The first-order chi connectivity index (χ1) is 16.4. The molecule has 176 valence electrons. The van der Waals surface area contributed by atoms with Crippen molar-refractivity contribution in [1.29, 1.82) is 0 Å². The Kier molecular flexibility index (Phi) is 7.18. The number of rotatable bonds is 9. The summed E-state index contributed by atoms with van der Waals surface area (Å²) >= 11 is 0. The Morgan fingerprint density at radius 2 is 1.88 bits per heavy atom. The van der Waals surface area contributed by atoms with E-state index in [4.69, 9.17) is 4.74 Å². The van der Waals surface area contributed by atoms with Crippen molar-refractivity contribution in [3.05, 3.63) is 102 Å². The summed E-state index contributed by atoms with van der Waals surface area (Å²) in [6.45, 7) is 1.27. The molecule has 2 aromatic heterocycles. The van der Waals surface area contributed by atoms with Crippen molar-refractivity contribution in [3.8, 4) is 5.75 Å². The first-order valence-electron chi connectivity index (χ1n) is 10.9. The summed E-state index contributed by atoms with van der Waals surface area (Å²) < 4.78 is 35.4. The topological polar surface area (TPSA) is 50.1 Å². The predicted octanol–water partition coefficient (Wildman–Crippen LogP) is 4.40. The zero-order chi connectivity index (χ0) is 24.1. The number of benzene rings is 2. The van der Waals surface area contributed by atoms with Crippen LogP contribution >= 0.6 is 0 Å². The molecule has 0 aliphatic carbocycles. The van der Waals surface area contributed by atoms with Crippen molar-refractivity contribution in [1.82, 2.24) is 19.2 Å². The Bertz CT molecular complexity index is 1260. The molecule has 4 aromatic rings. The van der Waals surface area contributed by atoms with Gasteiger partial charge in [0.05, 0.1) is 5.69 Å². The number of amides is 1. The maximum atomic E-state index is 14.3. The molecule has 0 saturated heterocycles. The highest BCUT2D eigenvalue weighted by Gasteiger charge is 2.19. The minimum absolute atomic E-state index is 0.0329. The standard InChI is InChI=1S/C26H26F2N4O2/c1-30(2)12-13-32(16-20-9-10-21(27)15-24(20)28)26(33)19-6-5-7-23(14-19)34-18-22-17-31-11-4-3-8-25(31)29-22/h3-11,14-15,17H,12-13,16,18H2,1-2H3. The van der Waals surface area contributed by atoms with Crippen LogP contribution in [-0.4, -0.2) is 52.3 Å². The summed E-state index contributed by atoms with van der Waals surface area (Å²) in [6, 6.07) is 16.0. The quantitative estimate of drug-likeness (QED) is 0.369. The highest BCUT2D eigenvalue weighted by atomic mass is 19.1. The molecule has 2 aromatic carbocycles. The van der Waals surface area contributed by atoms with Crippen molar-refractivity contribution in [2.24, 2.45) is 0 Å². The largest absolute Gasteiger partial charge is 0.487 e. The van der Waals surface area contributed by atoms with Gasteiger partial charge in [-0.2, -0.15) is 0 Å². The van der Waals surface area contributed by atoms with Gasteiger partial charge in [0.2, 0.25) is 0 Å². The number of nitrogens with zero attached hydrogens (tertiary/aromatic N) is 4. The second kappa shape index (κ2) is 10.4. The van der Waals surface area contributed by atoms with Crippen molar-refractivity contribution in [3.63, 3.8) is 0 Å². The van der Waals surface area contributed by atoms with E-state index in [0.29, 0.717) is 24.4 Å². The molecule has 0 spiro atoms. The van der Waals surface area contributed by atoms with Crippen LogP contribution in [-0.2, 0) is 13.2 Å². The van der Waals surface area contributed by atoms with Gasteiger partial charge in [0.15, 0.2) is 0 Å². The SMILES string of the molecule is CN(C)CCN(Cc1ccc(F)cc1F)C(=O)c1cccc(OCc2cn3ccccc3n2)c1. The Labute approximate surface area is 197 Å². The molecular weight excluding hydrogens is 438 g/mol. The lowest BCUT2D eigenvalue weighted by Gasteiger charge is -2.25. The number of imidazole rings is 1. The Morgan fingerprint density at radius 1 is 1.03 bits per heavy atom. The second-order valence-electron chi connectivity index (χ2n) is 8.28. The van der Waals surface area contributed by atoms with Gasteiger partial charge < -0.3 is 18.9 Å². The Morgan fingerprint density at radius 3 is 2.65 bits per heavy atom. The van der Waals surface area contributed by atoms with E-state index in [1.165, 1.54) is 12.1 Å². The lowest BCUT2D eigenvalue weighted by Crippen LogP contribution is -2.36. The highest BCUT2D eigenvalue weighted by Crippen LogP contribution is 2.19. The van der Waals surface area contributed by atoms with Gasteiger partial charge in [0, 0.05) is 49.2 Å². The number of aromatic nitrogens is 2. The number of fused-ring (bicyclic) bond motifs is 1. The van der Waals surface area contributed by atoms with E-state index in [1.807, 2.05) is 54.0 Å². The van der Waals surface area contributed by atoms with Crippen LogP contribution in [0.15, 0.2) is 73.1 Å². The molecule has 8 heteroatoms. The highest BCUT2D eigenvalue weighted by molar-refractivity contribution is 5.94. The fourth-order valence-electron chi connectivity index (χ4n) is 3.54. The Hall–Kier alpha value is -3.78. The Balaban J connectivity index is 1.49. The third kappa shape index (κ3) is 5.77. The zero-order valence-corrected chi connectivity index (χ0v) is 19.1. The minimum atomic E-state index is -0.674. The van der Waals surface area contributed by atoms with E-state index in [0.717, 1.165) is 17.4 Å². The van der Waals surface area contributed by atoms with Crippen LogP contribution in [0.25, 0.3) is 5.65 Å². The van der Waals surface area contributed by atoms with Crippen LogP contribution < -0.4 is 4.74 Å². The van der Waals surface area contributed by atoms with Gasteiger partial charge >= 0.3 is 0 Å². The third-order valence-corrected chi connectivity index (χ3v) is 5.36. The average molecular weight is 465 g/mol.